The van der Waals surface area contributed by atoms with Gasteiger partial charge in [0.1, 0.15) is 5.75 Å². The second kappa shape index (κ2) is 9.58. The van der Waals surface area contributed by atoms with Crippen molar-refractivity contribution in [3.63, 3.8) is 0 Å². The molecule has 3 aliphatic carbocycles. The van der Waals surface area contributed by atoms with Gasteiger partial charge in [-0.05, 0) is 92.2 Å². The molecule has 0 saturated heterocycles. The molecule has 194 valence electrons. The van der Waals surface area contributed by atoms with E-state index in [0.717, 1.165) is 79.2 Å². The van der Waals surface area contributed by atoms with Gasteiger partial charge in [0.15, 0.2) is 5.82 Å². The van der Waals surface area contributed by atoms with Gasteiger partial charge in [-0.2, -0.15) is 4.98 Å². The summed E-state index contributed by atoms with van der Waals surface area (Å²) in [5, 5.41) is 4.28. The van der Waals surface area contributed by atoms with Gasteiger partial charge in [-0.1, -0.05) is 29.4 Å². The molecule has 3 aliphatic rings. The molecule has 1 amide bonds. The summed E-state index contributed by atoms with van der Waals surface area (Å²) in [6.07, 6.45) is 7.79. The number of methoxy groups -OCH3 is 1. The van der Waals surface area contributed by atoms with Gasteiger partial charge >= 0.3 is 0 Å². The maximum absolute atomic E-state index is 13.4. The summed E-state index contributed by atoms with van der Waals surface area (Å²) < 4.78 is 24.1. The molecule has 0 radical (unpaired) electrons. The van der Waals surface area contributed by atoms with Crippen LogP contribution in [0.4, 0.5) is 10.1 Å². The fraction of sp³-hybridized carbons (Fsp3) is 0.500. The minimum atomic E-state index is -0.486. The standard InChI is InChI=1S/C30H34FN3O3/c1-36-25-11-9-21(10-12-25)23-4-2-5-24(18-23)34(26(35)6-3-17-31)20-29-13-15-30(19-29,16-14-29)28-32-27(33-37-28)22-7-8-22/h2,4-5,9-12,18,22H,3,6-8,13-17,19-20H2,1H3. The third-order valence-corrected chi connectivity index (χ3v) is 8.72. The molecule has 6 rings (SSSR count). The summed E-state index contributed by atoms with van der Waals surface area (Å²) in [4.78, 5) is 20.2. The molecule has 0 spiro atoms. The lowest BCUT2D eigenvalue weighted by molar-refractivity contribution is -0.119. The lowest BCUT2D eigenvalue weighted by Crippen LogP contribution is -2.40. The second-order valence-electron chi connectivity index (χ2n) is 11.2. The number of anilines is 1. The molecule has 2 bridgehead atoms. The Hall–Kier alpha value is -3.22. The van der Waals surface area contributed by atoms with Crippen LogP contribution < -0.4 is 9.64 Å². The number of hydrogen-bond acceptors (Lipinski definition) is 5. The van der Waals surface area contributed by atoms with Gasteiger partial charge in [-0.15, -0.1) is 0 Å². The molecule has 1 aromatic heterocycles. The van der Waals surface area contributed by atoms with E-state index in [-0.39, 0.29) is 29.6 Å². The molecule has 0 aliphatic heterocycles. The average molecular weight is 504 g/mol. The van der Waals surface area contributed by atoms with E-state index in [1.54, 1.807) is 7.11 Å². The molecule has 3 aromatic rings. The Morgan fingerprint density at radius 1 is 1.11 bits per heavy atom. The van der Waals surface area contributed by atoms with Crippen molar-refractivity contribution in [2.75, 3.05) is 25.2 Å². The molecule has 7 heteroatoms. The fourth-order valence-corrected chi connectivity index (χ4v) is 6.44. The predicted octanol–water partition coefficient (Wildman–Crippen LogP) is 6.61. The van der Waals surface area contributed by atoms with Crippen LogP contribution in [0.15, 0.2) is 53.1 Å². The Bertz CT molecular complexity index is 1260. The molecule has 3 saturated carbocycles. The Morgan fingerprint density at radius 3 is 2.59 bits per heavy atom. The van der Waals surface area contributed by atoms with E-state index in [2.05, 4.69) is 17.3 Å². The van der Waals surface area contributed by atoms with Gasteiger partial charge < -0.3 is 14.2 Å². The number of hydrogen-bond donors (Lipinski definition) is 0. The number of halogens is 1. The van der Waals surface area contributed by atoms with Crippen LogP contribution in [0, 0.1) is 5.41 Å². The summed E-state index contributed by atoms with van der Waals surface area (Å²) in [7, 11) is 1.65. The largest absolute Gasteiger partial charge is 0.497 e. The first-order chi connectivity index (χ1) is 18.0. The van der Waals surface area contributed by atoms with Crippen LogP contribution in [0.3, 0.4) is 0 Å². The minimum absolute atomic E-state index is 0.00963. The Kier molecular flexibility index (Phi) is 6.25. The first kappa shape index (κ1) is 24.1. The minimum Gasteiger partial charge on any atom is -0.497 e. The van der Waals surface area contributed by atoms with Crippen LogP contribution in [0.25, 0.3) is 11.1 Å². The zero-order chi connectivity index (χ0) is 25.5. The fourth-order valence-electron chi connectivity index (χ4n) is 6.44. The van der Waals surface area contributed by atoms with Crippen molar-refractivity contribution in [3.8, 4) is 16.9 Å². The number of aromatic nitrogens is 2. The first-order valence-electron chi connectivity index (χ1n) is 13.5. The number of rotatable bonds is 10. The van der Waals surface area contributed by atoms with E-state index < -0.39 is 6.67 Å². The van der Waals surface area contributed by atoms with Gasteiger partial charge in [0.2, 0.25) is 11.8 Å². The summed E-state index contributed by atoms with van der Waals surface area (Å²) in [6, 6.07) is 16.0. The van der Waals surface area contributed by atoms with Crippen molar-refractivity contribution in [2.45, 2.75) is 69.1 Å². The topological polar surface area (TPSA) is 68.5 Å². The number of carbonyl (C=O) groups is 1. The van der Waals surface area contributed by atoms with E-state index in [0.29, 0.717) is 12.5 Å². The average Bonchev–Trinajstić information content (AvgIpc) is 3.38. The summed E-state index contributed by atoms with van der Waals surface area (Å²) >= 11 is 0. The van der Waals surface area contributed by atoms with Crippen molar-refractivity contribution in [3.05, 3.63) is 60.2 Å². The number of carbonyl (C=O) groups excluding carboxylic acids is 1. The second-order valence-corrected chi connectivity index (χ2v) is 11.2. The van der Waals surface area contributed by atoms with Crippen molar-refractivity contribution >= 4 is 11.6 Å². The quantitative estimate of drug-likeness (QED) is 0.311. The summed E-state index contributed by atoms with van der Waals surface area (Å²) in [6.45, 7) is 0.149. The lowest BCUT2D eigenvalue weighted by Gasteiger charge is -2.34. The van der Waals surface area contributed by atoms with Crippen molar-refractivity contribution in [1.82, 2.24) is 10.1 Å². The number of alkyl halides is 1. The van der Waals surface area contributed by atoms with Gasteiger partial charge in [0.05, 0.1) is 19.2 Å². The third kappa shape index (κ3) is 4.64. The van der Waals surface area contributed by atoms with E-state index in [4.69, 9.17) is 14.2 Å². The zero-order valence-electron chi connectivity index (χ0n) is 21.4. The summed E-state index contributed by atoms with van der Waals surface area (Å²) in [5.41, 5.74) is 2.89. The van der Waals surface area contributed by atoms with E-state index in [1.165, 1.54) is 0 Å². The normalized spacial score (nSPS) is 24.4. The van der Waals surface area contributed by atoms with E-state index in [9.17, 15) is 9.18 Å². The third-order valence-electron chi connectivity index (χ3n) is 8.72. The lowest BCUT2D eigenvalue weighted by atomic mass is 9.81. The number of amides is 1. The molecular weight excluding hydrogens is 469 g/mol. The Labute approximate surface area is 217 Å². The Balaban J connectivity index is 1.26. The van der Waals surface area contributed by atoms with E-state index >= 15 is 0 Å². The van der Waals surface area contributed by atoms with Crippen molar-refractivity contribution in [1.29, 1.82) is 0 Å². The zero-order valence-corrected chi connectivity index (χ0v) is 21.4. The number of fused-ring (bicyclic) bond motifs is 2. The molecule has 0 atom stereocenters. The monoisotopic (exact) mass is 503 g/mol. The van der Waals surface area contributed by atoms with Gasteiger partial charge in [-0.3, -0.25) is 9.18 Å². The van der Waals surface area contributed by atoms with Gasteiger partial charge in [-0.25, -0.2) is 0 Å². The highest BCUT2D eigenvalue weighted by Crippen LogP contribution is 2.62. The van der Waals surface area contributed by atoms with Crippen LogP contribution in [0.5, 0.6) is 5.75 Å². The molecule has 3 fully saturated rings. The van der Waals surface area contributed by atoms with Gasteiger partial charge in [0, 0.05) is 24.6 Å². The number of ether oxygens (including phenoxy) is 1. The molecule has 2 aromatic carbocycles. The van der Waals surface area contributed by atoms with E-state index in [1.807, 2.05) is 41.3 Å². The maximum Gasteiger partial charge on any atom is 0.232 e. The van der Waals surface area contributed by atoms with Crippen LogP contribution >= 0.6 is 0 Å². The number of benzene rings is 2. The molecule has 37 heavy (non-hydrogen) atoms. The Morgan fingerprint density at radius 2 is 1.89 bits per heavy atom. The SMILES string of the molecule is COc1ccc(-c2cccc(N(CC34CCC(c5nc(C6CC6)no5)(CC3)C4)C(=O)CCCF)c2)cc1. The van der Waals surface area contributed by atoms with Crippen molar-refractivity contribution in [2.24, 2.45) is 5.41 Å². The maximum atomic E-state index is 13.4. The van der Waals surface area contributed by atoms with Crippen LogP contribution in [0.2, 0.25) is 0 Å². The molecule has 0 N–H and O–H groups in total. The smallest absolute Gasteiger partial charge is 0.232 e. The van der Waals surface area contributed by atoms with Gasteiger partial charge in [0.25, 0.3) is 0 Å². The summed E-state index contributed by atoms with van der Waals surface area (Å²) in [5.74, 6) is 2.93. The molecule has 1 heterocycles. The predicted molar refractivity (Wildman–Crippen MR) is 139 cm³/mol. The number of nitrogens with zero attached hydrogens (tertiary/aromatic N) is 3. The van der Waals surface area contributed by atoms with Crippen LogP contribution in [-0.4, -0.2) is 36.4 Å². The molecule has 0 unspecified atom stereocenters. The molecule has 6 nitrogen and oxygen atoms in total. The molecular formula is C30H34FN3O3. The highest BCUT2D eigenvalue weighted by Gasteiger charge is 2.58. The van der Waals surface area contributed by atoms with Crippen LogP contribution in [-0.2, 0) is 10.2 Å². The van der Waals surface area contributed by atoms with Crippen LogP contribution in [0.1, 0.15) is 75.4 Å². The first-order valence-corrected chi connectivity index (χ1v) is 13.5. The highest BCUT2D eigenvalue weighted by atomic mass is 19.1. The van der Waals surface area contributed by atoms with Crippen molar-refractivity contribution < 1.29 is 18.4 Å². The highest BCUT2D eigenvalue weighted by molar-refractivity contribution is 5.94.